The molecule has 0 aliphatic carbocycles. The Hall–Kier alpha value is -2.01. The number of aromatic nitrogens is 1. The van der Waals surface area contributed by atoms with Crippen molar-refractivity contribution in [2.24, 2.45) is 0 Å². The second-order valence-corrected chi connectivity index (χ2v) is 3.84. The van der Waals surface area contributed by atoms with Crippen LogP contribution in [0.5, 0.6) is 5.75 Å². The molecule has 18 heavy (non-hydrogen) atoms. The average molecular weight is 248 g/mol. The van der Waals surface area contributed by atoms with E-state index in [9.17, 15) is 0 Å². The number of nitrogens with two attached hydrogens (primary N) is 1. The first kappa shape index (κ1) is 12.4. The van der Waals surface area contributed by atoms with Crippen LogP contribution in [0.1, 0.15) is 5.76 Å². The normalized spacial score (nSPS) is 10.6. The van der Waals surface area contributed by atoms with Gasteiger partial charge in [0.2, 0.25) is 0 Å². The highest BCUT2D eigenvalue weighted by atomic mass is 16.5. The Labute approximate surface area is 105 Å². The lowest BCUT2D eigenvalue weighted by Gasteiger charge is -2.04. The summed E-state index contributed by atoms with van der Waals surface area (Å²) in [6.07, 6.45) is 0.641. The van der Waals surface area contributed by atoms with Crippen LogP contribution in [0.3, 0.4) is 0 Å². The maximum absolute atomic E-state index is 5.84. The third-order valence-corrected chi connectivity index (χ3v) is 2.70. The number of anilines is 1. The second-order valence-electron chi connectivity index (χ2n) is 3.84. The zero-order chi connectivity index (χ0) is 13.0. The number of hydrogen-bond acceptors (Lipinski definition) is 5. The van der Waals surface area contributed by atoms with Crippen LogP contribution in [0, 0.1) is 0 Å². The summed E-state index contributed by atoms with van der Waals surface area (Å²) in [6, 6.07) is 7.61. The van der Waals surface area contributed by atoms with Crippen molar-refractivity contribution in [3.05, 3.63) is 30.0 Å². The smallest absolute Gasteiger partial charge is 0.175 e. The van der Waals surface area contributed by atoms with Gasteiger partial charge in [0.25, 0.3) is 0 Å². The molecule has 0 saturated carbocycles. The van der Waals surface area contributed by atoms with Crippen molar-refractivity contribution < 1.29 is 14.0 Å². The van der Waals surface area contributed by atoms with E-state index in [2.05, 4.69) is 5.16 Å². The molecule has 1 heterocycles. The summed E-state index contributed by atoms with van der Waals surface area (Å²) in [5, 5.41) is 3.80. The standard InChI is InChI=1S/C13H16N2O3/c1-16-8-7-11-12(13(14)15-18-11)9-3-5-10(17-2)6-4-9/h3-6H,7-8H2,1-2H3,(H2,14,15). The van der Waals surface area contributed by atoms with Gasteiger partial charge in [0.1, 0.15) is 11.5 Å². The molecule has 2 N–H and O–H groups in total. The number of rotatable bonds is 5. The van der Waals surface area contributed by atoms with Gasteiger partial charge in [0, 0.05) is 13.5 Å². The molecule has 0 saturated heterocycles. The molecule has 0 amide bonds. The fourth-order valence-electron chi connectivity index (χ4n) is 1.77. The molecule has 1 aromatic carbocycles. The van der Waals surface area contributed by atoms with Gasteiger partial charge in [-0.3, -0.25) is 0 Å². The SMILES string of the molecule is COCCc1onc(N)c1-c1ccc(OC)cc1. The van der Waals surface area contributed by atoms with E-state index in [0.717, 1.165) is 22.6 Å². The van der Waals surface area contributed by atoms with Crippen molar-refractivity contribution in [1.82, 2.24) is 5.16 Å². The van der Waals surface area contributed by atoms with Gasteiger partial charge < -0.3 is 19.7 Å². The van der Waals surface area contributed by atoms with E-state index in [0.29, 0.717) is 18.8 Å². The van der Waals surface area contributed by atoms with Crippen LogP contribution in [0.15, 0.2) is 28.8 Å². The van der Waals surface area contributed by atoms with Crippen LogP contribution in [0.25, 0.3) is 11.1 Å². The van der Waals surface area contributed by atoms with Crippen molar-refractivity contribution in [1.29, 1.82) is 0 Å². The molecule has 0 unspecified atom stereocenters. The van der Waals surface area contributed by atoms with Crippen LogP contribution in [-0.4, -0.2) is 26.0 Å². The van der Waals surface area contributed by atoms with Crippen LogP contribution in [0.4, 0.5) is 5.82 Å². The lowest BCUT2D eigenvalue weighted by atomic mass is 10.0. The molecule has 96 valence electrons. The zero-order valence-corrected chi connectivity index (χ0v) is 10.5. The highest BCUT2D eigenvalue weighted by Crippen LogP contribution is 2.31. The van der Waals surface area contributed by atoms with Gasteiger partial charge in [0.05, 0.1) is 19.3 Å². The molecule has 1 aromatic heterocycles. The summed E-state index contributed by atoms with van der Waals surface area (Å²) < 4.78 is 15.4. The molecule has 5 nitrogen and oxygen atoms in total. The van der Waals surface area contributed by atoms with E-state index in [1.165, 1.54) is 0 Å². The molecule has 0 aliphatic heterocycles. The first-order chi connectivity index (χ1) is 8.76. The third kappa shape index (κ3) is 2.46. The van der Waals surface area contributed by atoms with Crippen molar-refractivity contribution >= 4 is 5.82 Å². The molecule has 2 rings (SSSR count). The summed E-state index contributed by atoms with van der Waals surface area (Å²) in [5.74, 6) is 1.93. The topological polar surface area (TPSA) is 70.5 Å². The second kappa shape index (κ2) is 5.55. The first-order valence-corrected chi connectivity index (χ1v) is 5.63. The van der Waals surface area contributed by atoms with E-state index in [1.807, 2.05) is 24.3 Å². The van der Waals surface area contributed by atoms with Gasteiger partial charge in [-0.15, -0.1) is 0 Å². The summed E-state index contributed by atoms with van der Waals surface area (Å²) in [6.45, 7) is 0.567. The van der Waals surface area contributed by atoms with Gasteiger partial charge in [-0.2, -0.15) is 0 Å². The molecule has 0 atom stereocenters. The van der Waals surface area contributed by atoms with Crippen molar-refractivity contribution in [3.63, 3.8) is 0 Å². The zero-order valence-electron chi connectivity index (χ0n) is 10.5. The van der Waals surface area contributed by atoms with Crippen LogP contribution >= 0.6 is 0 Å². The highest BCUT2D eigenvalue weighted by molar-refractivity contribution is 5.75. The van der Waals surface area contributed by atoms with Gasteiger partial charge >= 0.3 is 0 Å². The van der Waals surface area contributed by atoms with Gasteiger partial charge in [0.15, 0.2) is 5.82 Å². The number of nitrogens with zero attached hydrogens (tertiary/aromatic N) is 1. The fraction of sp³-hybridized carbons (Fsp3) is 0.308. The van der Waals surface area contributed by atoms with E-state index in [1.54, 1.807) is 14.2 Å². The molecule has 2 aromatic rings. The van der Waals surface area contributed by atoms with E-state index < -0.39 is 0 Å². The minimum Gasteiger partial charge on any atom is -0.497 e. The van der Waals surface area contributed by atoms with Crippen molar-refractivity contribution in [2.45, 2.75) is 6.42 Å². The van der Waals surface area contributed by atoms with E-state index in [-0.39, 0.29) is 0 Å². The summed E-state index contributed by atoms with van der Waals surface area (Å²) in [4.78, 5) is 0. The first-order valence-electron chi connectivity index (χ1n) is 5.63. The largest absolute Gasteiger partial charge is 0.497 e. The molecule has 0 bridgehead atoms. The summed E-state index contributed by atoms with van der Waals surface area (Å²) >= 11 is 0. The quantitative estimate of drug-likeness (QED) is 0.877. The average Bonchev–Trinajstić information content (AvgIpc) is 2.77. The molecular weight excluding hydrogens is 232 g/mol. The Morgan fingerprint density at radius 3 is 2.56 bits per heavy atom. The number of ether oxygens (including phenoxy) is 2. The number of methoxy groups -OCH3 is 2. The predicted molar refractivity (Wildman–Crippen MR) is 68.5 cm³/mol. The number of hydrogen-bond donors (Lipinski definition) is 1. The maximum Gasteiger partial charge on any atom is 0.175 e. The minimum absolute atomic E-state index is 0.395. The Morgan fingerprint density at radius 1 is 1.22 bits per heavy atom. The molecule has 0 spiro atoms. The maximum atomic E-state index is 5.84. The van der Waals surface area contributed by atoms with E-state index >= 15 is 0 Å². The lowest BCUT2D eigenvalue weighted by Crippen LogP contribution is -1.96. The Bertz CT molecular complexity index is 505. The number of nitrogen functional groups attached to an aromatic ring is 1. The van der Waals surface area contributed by atoms with Gasteiger partial charge in [-0.25, -0.2) is 0 Å². The minimum atomic E-state index is 0.395. The molecular formula is C13H16N2O3. The fourth-order valence-corrected chi connectivity index (χ4v) is 1.77. The number of benzene rings is 1. The highest BCUT2D eigenvalue weighted by Gasteiger charge is 2.15. The van der Waals surface area contributed by atoms with Crippen molar-refractivity contribution in [2.75, 3.05) is 26.6 Å². The summed E-state index contributed by atoms with van der Waals surface area (Å²) in [7, 11) is 3.28. The van der Waals surface area contributed by atoms with Crippen LogP contribution < -0.4 is 10.5 Å². The van der Waals surface area contributed by atoms with E-state index in [4.69, 9.17) is 19.7 Å². The molecule has 0 aliphatic rings. The van der Waals surface area contributed by atoms with Gasteiger partial charge in [-0.1, -0.05) is 17.3 Å². The molecule has 5 heteroatoms. The molecule has 0 radical (unpaired) electrons. The Balaban J connectivity index is 2.32. The summed E-state index contributed by atoms with van der Waals surface area (Å²) in [5.41, 5.74) is 7.63. The lowest BCUT2D eigenvalue weighted by molar-refractivity contribution is 0.193. The predicted octanol–water partition coefficient (Wildman–Crippen LogP) is 2.12. The van der Waals surface area contributed by atoms with Crippen molar-refractivity contribution in [3.8, 4) is 16.9 Å². The van der Waals surface area contributed by atoms with Gasteiger partial charge in [-0.05, 0) is 17.7 Å². The van der Waals surface area contributed by atoms with Crippen LogP contribution in [-0.2, 0) is 11.2 Å². The monoisotopic (exact) mass is 248 g/mol. The van der Waals surface area contributed by atoms with Crippen LogP contribution in [0.2, 0.25) is 0 Å². The third-order valence-electron chi connectivity index (χ3n) is 2.70. The molecule has 0 fully saturated rings. The Morgan fingerprint density at radius 2 is 1.94 bits per heavy atom. The Kier molecular flexibility index (Phi) is 3.84.